The van der Waals surface area contributed by atoms with Crippen molar-refractivity contribution in [3.05, 3.63) is 70.9 Å². The van der Waals surface area contributed by atoms with Crippen LogP contribution in [-0.2, 0) is 11.2 Å². The molecule has 190 valence electrons. The molecule has 37 heavy (non-hydrogen) atoms. The highest BCUT2D eigenvalue weighted by atomic mass is 35.5. The van der Waals surface area contributed by atoms with Gasteiger partial charge in [0.2, 0.25) is 0 Å². The molecule has 4 rings (SSSR count). The van der Waals surface area contributed by atoms with Gasteiger partial charge in [-0.1, -0.05) is 36.1 Å². The zero-order chi connectivity index (χ0) is 26.7. The molecule has 0 saturated carbocycles. The van der Waals surface area contributed by atoms with Gasteiger partial charge < -0.3 is 25.7 Å². The van der Waals surface area contributed by atoms with Crippen LogP contribution in [0.3, 0.4) is 0 Å². The van der Waals surface area contributed by atoms with Crippen molar-refractivity contribution < 1.29 is 18.7 Å². The van der Waals surface area contributed by atoms with Gasteiger partial charge in [0.25, 0.3) is 11.8 Å². The number of methoxy groups -OCH3 is 1. The summed E-state index contributed by atoms with van der Waals surface area (Å²) in [6.07, 6.45) is 3.81. The Morgan fingerprint density at radius 1 is 1.32 bits per heavy atom. The molecule has 0 unspecified atom stereocenters. The molecule has 0 aliphatic carbocycles. The van der Waals surface area contributed by atoms with Crippen molar-refractivity contribution in [2.45, 2.75) is 25.8 Å². The molecule has 1 aliphatic heterocycles. The number of benzene rings is 1. The number of amides is 2. The Hall–Kier alpha value is -4.29. The van der Waals surface area contributed by atoms with Crippen LogP contribution in [-0.4, -0.2) is 41.0 Å². The van der Waals surface area contributed by atoms with Crippen molar-refractivity contribution in [1.82, 2.24) is 20.6 Å². The zero-order valence-electron chi connectivity index (χ0n) is 20.5. The Bertz CT molecular complexity index is 1470. The SMILES string of the molecule is C=C(F)C(=O)NC(C)(C)C#Cc1cnccc1-c1[nH]c2c(c1Nc1cccc(Cl)c1OC)C(=O)NCC2. The van der Waals surface area contributed by atoms with Gasteiger partial charge in [-0.3, -0.25) is 14.6 Å². The van der Waals surface area contributed by atoms with Gasteiger partial charge >= 0.3 is 0 Å². The Balaban J connectivity index is 1.83. The summed E-state index contributed by atoms with van der Waals surface area (Å²) in [5, 5.41) is 9.11. The number of hydrogen-bond acceptors (Lipinski definition) is 5. The first-order chi connectivity index (χ1) is 17.6. The lowest BCUT2D eigenvalue weighted by Gasteiger charge is -2.19. The van der Waals surface area contributed by atoms with Crippen LogP contribution in [0.1, 0.15) is 35.5 Å². The van der Waals surface area contributed by atoms with E-state index in [0.717, 1.165) is 5.69 Å². The predicted molar refractivity (Wildman–Crippen MR) is 141 cm³/mol. The molecular formula is C27H25ClFN5O3. The second kappa shape index (κ2) is 10.4. The van der Waals surface area contributed by atoms with E-state index < -0.39 is 17.3 Å². The van der Waals surface area contributed by atoms with Crippen LogP contribution in [0, 0.1) is 11.8 Å². The maximum Gasteiger partial charge on any atom is 0.280 e. The molecule has 3 aromatic rings. The fourth-order valence-electron chi connectivity index (χ4n) is 3.97. The van der Waals surface area contributed by atoms with Crippen molar-refractivity contribution in [2.24, 2.45) is 0 Å². The molecule has 2 aromatic heterocycles. The first kappa shape index (κ1) is 25.8. The number of pyridine rings is 1. The number of anilines is 2. The minimum absolute atomic E-state index is 0.218. The van der Waals surface area contributed by atoms with Crippen molar-refractivity contribution in [3.63, 3.8) is 0 Å². The van der Waals surface area contributed by atoms with E-state index >= 15 is 0 Å². The summed E-state index contributed by atoms with van der Waals surface area (Å²) in [6, 6.07) is 7.05. The average molecular weight is 522 g/mol. The van der Waals surface area contributed by atoms with Crippen LogP contribution >= 0.6 is 11.6 Å². The van der Waals surface area contributed by atoms with Crippen molar-refractivity contribution in [3.8, 4) is 28.8 Å². The molecule has 1 aromatic carbocycles. The van der Waals surface area contributed by atoms with Crippen LogP contribution in [0.2, 0.25) is 5.02 Å². The summed E-state index contributed by atoms with van der Waals surface area (Å²) in [6.45, 7) is 6.81. The molecule has 0 spiro atoms. The first-order valence-corrected chi connectivity index (χ1v) is 11.8. The van der Waals surface area contributed by atoms with Gasteiger partial charge in [-0.2, -0.15) is 0 Å². The Labute approximate surface area is 218 Å². The number of halogens is 2. The van der Waals surface area contributed by atoms with Crippen LogP contribution < -0.4 is 20.7 Å². The van der Waals surface area contributed by atoms with Gasteiger partial charge in [0.15, 0.2) is 11.6 Å². The van der Waals surface area contributed by atoms with Crippen LogP contribution in [0.4, 0.5) is 15.8 Å². The standard InChI is InChI=1S/C27H25ClFN5O3/c1-15(29)25(35)34-27(2,3)11-8-16-14-30-12-9-17(16)22-23(21-19(32-22)10-13-31-26(21)36)33-20-7-5-6-18(28)24(20)37-4/h5-7,9,12,14,32-33H,1,10,13H2,2-4H3,(H,31,36)(H,34,35). The Kier molecular flexibility index (Phi) is 7.23. The lowest BCUT2D eigenvalue weighted by molar-refractivity contribution is -0.119. The molecule has 1 aliphatic rings. The molecule has 3 heterocycles. The number of para-hydroxylation sites is 1. The van der Waals surface area contributed by atoms with Gasteiger partial charge in [0.1, 0.15) is 0 Å². The number of rotatable bonds is 6. The third kappa shape index (κ3) is 5.44. The van der Waals surface area contributed by atoms with E-state index in [2.05, 4.69) is 44.3 Å². The quantitative estimate of drug-likeness (QED) is 0.282. The summed E-state index contributed by atoms with van der Waals surface area (Å²) in [7, 11) is 1.52. The molecule has 0 radical (unpaired) electrons. The summed E-state index contributed by atoms with van der Waals surface area (Å²) >= 11 is 6.33. The normalized spacial score (nSPS) is 12.5. The van der Waals surface area contributed by atoms with Crippen LogP contribution in [0.25, 0.3) is 11.3 Å². The van der Waals surface area contributed by atoms with Crippen molar-refractivity contribution in [2.75, 3.05) is 19.0 Å². The fourth-order valence-corrected chi connectivity index (χ4v) is 4.23. The molecule has 0 atom stereocenters. The summed E-state index contributed by atoms with van der Waals surface area (Å²) < 4.78 is 18.7. The second-order valence-corrected chi connectivity index (χ2v) is 9.24. The molecular weight excluding hydrogens is 497 g/mol. The predicted octanol–water partition coefficient (Wildman–Crippen LogP) is 4.50. The molecule has 0 saturated heterocycles. The van der Waals surface area contributed by atoms with Gasteiger partial charge in [-0.05, 0) is 32.0 Å². The van der Waals surface area contributed by atoms with Gasteiger partial charge in [-0.25, -0.2) is 4.39 Å². The molecule has 0 fully saturated rings. The topological polar surface area (TPSA) is 108 Å². The number of hydrogen-bond donors (Lipinski definition) is 4. The summed E-state index contributed by atoms with van der Waals surface area (Å²) in [4.78, 5) is 32.3. The van der Waals surface area contributed by atoms with Crippen molar-refractivity contribution >= 4 is 34.8 Å². The maximum absolute atomic E-state index is 13.2. The number of fused-ring (bicyclic) bond motifs is 1. The fraction of sp³-hybridized carbons (Fsp3) is 0.222. The van der Waals surface area contributed by atoms with Gasteiger partial charge in [0.05, 0.1) is 45.9 Å². The third-order valence-electron chi connectivity index (χ3n) is 5.67. The minimum atomic E-state index is -1.10. The minimum Gasteiger partial charge on any atom is -0.493 e. The number of carbonyl (C=O) groups is 2. The van der Waals surface area contributed by atoms with E-state index in [1.54, 1.807) is 50.5 Å². The van der Waals surface area contributed by atoms with E-state index in [1.807, 2.05) is 0 Å². The molecule has 8 nitrogen and oxygen atoms in total. The van der Waals surface area contributed by atoms with Crippen LogP contribution in [0.5, 0.6) is 5.75 Å². The number of carbonyl (C=O) groups excluding carboxylic acids is 2. The summed E-state index contributed by atoms with van der Waals surface area (Å²) in [5.74, 6) is 4.18. The zero-order valence-corrected chi connectivity index (χ0v) is 21.3. The number of aromatic nitrogens is 2. The Morgan fingerprint density at radius 3 is 2.84 bits per heavy atom. The first-order valence-electron chi connectivity index (χ1n) is 11.4. The molecule has 10 heteroatoms. The van der Waals surface area contributed by atoms with E-state index in [9.17, 15) is 14.0 Å². The van der Waals surface area contributed by atoms with E-state index in [4.69, 9.17) is 16.3 Å². The van der Waals surface area contributed by atoms with Crippen molar-refractivity contribution in [1.29, 1.82) is 0 Å². The number of nitrogens with zero attached hydrogens (tertiary/aromatic N) is 1. The summed E-state index contributed by atoms with van der Waals surface area (Å²) in [5.41, 5.74) is 3.13. The molecule has 0 bridgehead atoms. The average Bonchev–Trinajstić information content (AvgIpc) is 3.22. The smallest absolute Gasteiger partial charge is 0.280 e. The highest BCUT2D eigenvalue weighted by Gasteiger charge is 2.28. The monoisotopic (exact) mass is 521 g/mol. The van der Waals surface area contributed by atoms with Crippen LogP contribution in [0.15, 0.2) is 49.1 Å². The third-order valence-corrected chi connectivity index (χ3v) is 5.97. The number of aromatic amines is 1. The number of ether oxygens (including phenoxy) is 1. The van der Waals surface area contributed by atoms with Gasteiger partial charge in [-0.15, -0.1) is 0 Å². The molecule has 4 N–H and O–H groups in total. The maximum atomic E-state index is 13.2. The van der Waals surface area contributed by atoms with Gasteiger partial charge in [0, 0.05) is 36.6 Å². The highest BCUT2D eigenvalue weighted by Crippen LogP contribution is 2.41. The highest BCUT2D eigenvalue weighted by molar-refractivity contribution is 6.32. The lowest BCUT2D eigenvalue weighted by Crippen LogP contribution is -2.42. The number of H-pyrrole nitrogens is 1. The number of nitrogens with one attached hydrogen (secondary N) is 4. The Morgan fingerprint density at radius 2 is 2.11 bits per heavy atom. The van der Waals surface area contributed by atoms with E-state index in [0.29, 0.717) is 57.5 Å². The van der Waals surface area contributed by atoms with E-state index in [1.165, 1.54) is 7.11 Å². The lowest BCUT2D eigenvalue weighted by atomic mass is 10.0. The molecule has 2 amide bonds. The van der Waals surface area contributed by atoms with E-state index in [-0.39, 0.29) is 5.91 Å². The largest absolute Gasteiger partial charge is 0.493 e. The second-order valence-electron chi connectivity index (χ2n) is 8.84.